The van der Waals surface area contributed by atoms with E-state index >= 15 is 0 Å². The van der Waals surface area contributed by atoms with Crippen LogP contribution in [0.25, 0.3) is 0 Å². The van der Waals surface area contributed by atoms with Crippen molar-refractivity contribution in [2.45, 2.75) is 6.92 Å². The van der Waals surface area contributed by atoms with Crippen molar-refractivity contribution in [1.29, 1.82) is 0 Å². The molecule has 2 aromatic rings. The van der Waals surface area contributed by atoms with Crippen LogP contribution in [0.5, 0.6) is 0 Å². The summed E-state index contributed by atoms with van der Waals surface area (Å²) in [5.41, 5.74) is 6.81. The number of carbonyl (C=O) groups is 1. The summed E-state index contributed by atoms with van der Waals surface area (Å²) >= 11 is 3.35. The quantitative estimate of drug-likeness (QED) is 0.945. The van der Waals surface area contributed by atoms with Crippen LogP contribution in [0.15, 0.2) is 47.1 Å². The molecule has 2 N–H and O–H groups in total. The van der Waals surface area contributed by atoms with Crippen molar-refractivity contribution in [2.75, 3.05) is 17.2 Å². The monoisotopic (exact) mass is 319 g/mol. The Balaban J connectivity index is 2.29. The van der Waals surface area contributed by atoms with Crippen molar-refractivity contribution in [1.82, 2.24) is 4.98 Å². The van der Waals surface area contributed by atoms with Gasteiger partial charge in [-0.25, -0.2) is 4.98 Å². The smallest absolute Gasteiger partial charge is 0.259 e. The molecule has 5 heteroatoms. The Morgan fingerprint density at radius 3 is 2.47 bits per heavy atom. The maximum absolute atomic E-state index is 12.4. The fourth-order valence-corrected chi connectivity index (χ4v) is 1.98. The molecule has 0 saturated carbocycles. The van der Waals surface area contributed by atoms with E-state index in [0.717, 1.165) is 4.47 Å². The summed E-state index contributed by atoms with van der Waals surface area (Å²) in [5.74, 6) is 0.525. The Bertz CT molecular complexity index is 566. The predicted octanol–water partition coefficient (Wildman–Crippen LogP) is 3.09. The van der Waals surface area contributed by atoms with Crippen molar-refractivity contribution >= 4 is 33.3 Å². The fraction of sp³-hybridized carbons (Fsp3) is 0.143. The molecule has 0 fully saturated rings. The molecule has 0 aliphatic heterocycles. The summed E-state index contributed by atoms with van der Waals surface area (Å²) in [6, 6.07) is 10.7. The molecule has 0 spiro atoms. The van der Waals surface area contributed by atoms with Crippen LogP contribution in [0, 0.1) is 0 Å². The van der Waals surface area contributed by atoms with E-state index in [1.165, 1.54) is 0 Å². The van der Waals surface area contributed by atoms with E-state index < -0.39 is 0 Å². The lowest BCUT2D eigenvalue weighted by molar-refractivity contribution is 0.0987. The molecule has 0 aliphatic carbocycles. The minimum Gasteiger partial charge on any atom is -0.397 e. The molecular formula is C14H14BrN3O. The van der Waals surface area contributed by atoms with Gasteiger partial charge in [0.2, 0.25) is 0 Å². The predicted molar refractivity (Wildman–Crippen MR) is 80.1 cm³/mol. The summed E-state index contributed by atoms with van der Waals surface area (Å²) in [7, 11) is 0. The van der Waals surface area contributed by atoms with E-state index in [2.05, 4.69) is 20.9 Å². The first-order valence-electron chi connectivity index (χ1n) is 5.90. The van der Waals surface area contributed by atoms with Crippen LogP contribution in [-0.4, -0.2) is 17.4 Å². The molecule has 19 heavy (non-hydrogen) atoms. The fourth-order valence-electron chi connectivity index (χ4n) is 1.72. The molecule has 2 rings (SSSR count). The Morgan fingerprint density at radius 2 is 1.95 bits per heavy atom. The lowest BCUT2D eigenvalue weighted by Crippen LogP contribution is -2.31. The Hall–Kier alpha value is -1.88. The third kappa shape index (κ3) is 3.12. The molecule has 0 aliphatic rings. The van der Waals surface area contributed by atoms with Gasteiger partial charge in [-0.1, -0.05) is 15.9 Å². The van der Waals surface area contributed by atoms with E-state index in [0.29, 0.717) is 23.6 Å². The minimum atomic E-state index is -0.0766. The van der Waals surface area contributed by atoms with Crippen molar-refractivity contribution in [2.24, 2.45) is 0 Å². The van der Waals surface area contributed by atoms with Crippen LogP contribution in [0.4, 0.5) is 11.5 Å². The van der Waals surface area contributed by atoms with Gasteiger partial charge in [0.1, 0.15) is 5.82 Å². The lowest BCUT2D eigenvalue weighted by atomic mass is 10.2. The molecule has 0 bridgehead atoms. The van der Waals surface area contributed by atoms with Gasteiger partial charge in [0.15, 0.2) is 0 Å². The van der Waals surface area contributed by atoms with Crippen LogP contribution < -0.4 is 10.6 Å². The summed E-state index contributed by atoms with van der Waals surface area (Å²) < 4.78 is 0.942. The second-order valence-corrected chi connectivity index (χ2v) is 4.92. The molecule has 1 aromatic carbocycles. The molecule has 0 unspecified atom stereocenters. The normalized spacial score (nSPS) is 10.2. The first kappa shape index (κ1) is 13.5. The summed E-state index contributed by atoms with van der Waals surface area (Å²) in [6.45, 7) is 2.46. The molecule has 0 saturated heterocycles. The second-order valence-electron chi connectivity index (χ2n) is 4.01. The number of anilines is 2. The topological polar surface area (TPSA) is 59.2 Å². The summed E-state index contributed by atoms with van der Waals surface area (Å²) in [5, 5.41) is 0. The molecule has 0 atom stereocenters. The molecule has 4 nitrogen and oxygen atoms in total. The zero-order valence-corrected chi connectivity index (χ0v) is 12.1. The van der Waals surface area contributed by atoms with Gasteiger partial charge >= 0.3 is 0 Å². The number of halogens is 1. The van der Waals surface area contributed by atoms with Gasteiger partial charge in [-0.2, -0.15) is 0 Å². The highest BCUT2D eigenvalue weighted by Gasteiger charge is 2.16. The van der Waals surface area contributed by atoms with Crippen molar-refractivity contribution in [3.8, 4) is 0 Å². The highest BCUT2D eigenvalue weighted by molar-refractivity contribution is 9.10. The van der Waals surface area contributed by atoms with E-state index in [4.69, 9.17) is 5.73 Å². The van der Waals surface area contributed by atoms with Gasteiger partial charge in [-0.15, -0.1) is 0 Å². The number of hydrogen-bond acceptors (Lipinski definition) is 3. The minimum absolute atomic E-state index is 0.0766. The maximum atomic E-state index is 12.4. The number of aromatic nitrogens is 1. The molecular weight excluding hydrogens is 306 g/mol. The first-order chi connectivity index (χ1) is 9.11. The number of pyridine rings is 1. The van der Waals surface area contributed by atoms with E-state index in [9.17, 15) is 4.79 Å². The standard InChI is InChI=1S/C14H14BrN3O/c1-2-18(13-8-7-12(16)9-17-13)14(19)10-3-5-11(15)6-4-10/h3-9H,2,16H2,1H3. The van der Waals surface area contributed by atoms with Crippen LogP contribution in [0.2, 0.25) is 0 Å². The molecule has 1 aromatic heterocycles. The number of carbonyl (C=O) groups excluding carboxylic acids is 1. The van der Waals surface area contributed by atoms with Crippen LogP contribution in [0.1, 0.15) is 17.3 Å². The third-order valence-electron chi connectivity index (χ3n) is 2.70. The number of nitrogen functional groups attached to an aromatic ring is 1. The molecule has 1 amide bonds. The highest BCUT2D eigenvalue weighted by atomic mass is 79.9. The summed E-state index contributed by atoms with van der Waals surface area (Å²) in [4.78, 5) is 18.2. The van der Waals surface area contributed by atoms with Crippen LogP contribution >= 0.6 is 15.9 Å². The Labute approximate surface area is 120 Å². The van der Waals surface area contributed by atoms with Crippen molar-refractivity contribution < 1.29 is 4.79 Å². The lowest BCUT2D eigenvalue weighted by Gasteiger charge is -2.20. The average molecular weight is 320 g/mol. The number of nitrogens with two attached hydrogens (primary N) is 1. The number of benzene rings is 1. The zero-order chi connectivity index (χ0) is 13.8. The number of rotatable bonds is 3. The maximum Gasteiger partial charge on any atom is 0.259 e. The summed E-state index contributed by atoms with van der Waals surface area (Å²) in [6.07, 6.45) is 1.55. The first-order valence-corrected chi connectivity index (χ1v) is 6.70. The van der Waals surface area contributed by atoms with Gasteiger partial charge in [0.05, 0.1) is 11.9 Å². The molecule has 1 heterocycles. The van der Waals surface area contributed by atoms with Gasteiger partial charge in [-0.05, 0) is 43.3 Å². The van der Waals surface area contributed by atoms with Crippen molar-refractivity contribution in [3.63, 3.8) is 0 Å². The van der Waals surface area contributed by atoms with Crippen molar-refractivity contribution in [3.05, 3.63) is 52.6 Å². The SMILES string of the molecule is CCN(C(=O)c1ccc(Br)cc1)c1ccc(N)cn1. The largest absolute Gasteiger partial charge is 0.397 e. The van der Waals surface area contributed by atoms with E-state index in [1.807, 2.05) is 19.1 Å². The van der Waals surface area contributed by atoms with Crippen LogP contribution in [0.3, 0.4) is 0 Å². The van der Waals surface area contributed by atoms with Gasteiger partial charge in [-0.3, -0.25) is 9.69 Å². The second kappa shape index (κ2) is 5.84. The van der Waals surface area contributed by atoms with Gasteiger partial charge in [0, 0.05) is 16.6 Å². The number of hydrogen-bond donors (Lipinski definition) is 1. The number of nitrogens with zero attached hydrogens (tertiary/aromatic N) is 2. The Kier molecular flexibility index (Phi) is 4.16. The zero-order valence-electron chi connectivity index (χ0n) is 10.5. The van der Waals surface area contributed by atoms with Gasteiger partial charge in [0.25, 0.3) is 5.91 Å². The number of amides is 1. The third-order valence-corrected chi connectivity index (χ3v) is 3.23. The van der Waals surface area contributed by atoms with E-state index in [1.54, 1.807) is 35.4 Å². The molecule has 98 valence electrons. The van der Waals surface area contributed by atoms with Crippen LogP contribution in [-0.2, 0) is 0 Å². The Morgan fingerprint density at radius 1 is 1.26 bits per heavy atom. The highest BCUT2D eigenvalue weighted by Crippen LogP contribution is 2.17. The van der Waals surface area contributed by atoms with Gasteiger partial charge < -0.3 is 5.73 Å². The molecule has 0 radical (unpaired) electrons. The average Bonchev–Trinajstić information content (AvgIpc) is 2.42. The van der Waals surface area contributed by atoms with E-state index in [-0.39, 0.29) is 5.91 Å².